The van der Waals surface area contributed by atoms with Crippen LogP contribution in [0.2, 0.25) is 0 Å². The number of thioether (sulfide) groups is 1. The summed E-state index contributed by atoms with van der Waals surface area (Å²) in [5, 5.41) is 0. The number of fused-ring (bicyclic) bond motifs is 1. The van der Waals surface area contributed by atoms with Crippen molar-refractivity contribution in [2.75, 3.05) is 0 Å². The van der Waals surface area contributed by atoms with E-state index in [2.05, 4.69) is 0 Å². The molecule has 0 spiro atoms. The smallest absolute Gasteiger partial charge is 0.288 e. The minimum atomic E-state index is -4.78. The number of rotatable bonds is 3. The molecule has 2 N–H and O–H groups in total. The Hall–Kier alpha value is -1.98. The summed E-state index contributed by atoms with van der Waals surface area (Å²) in [6, 6.07) is 9.54. The highest BCUT2D eigenvalue weighted by molar-refractivity contribution is 8.04. The van der Waals surface area contributed by atoms with Crippen molar-refractivity contribution < 1.29 is 30.7 Å². The van der Waals surface area contributed by atoms with Crippen LogP contribution in [-0.2, 0) is 20.2 Å². The Morgan fingerprint density at radius 3 is 2.20 bits per heavy atom. The van der Waals surface area contributed by atoms with E-state index in [0.29, 0.717) is 16.5 Å². The average molecular weight is 398 g/mol. The van der Waals surface area contributed by atoms with Gasteiger partial charge in [0.2, 0.25) is 5.78 Å². The van der Waals surface area contributed by atoms with Crippen LogP contribution in [0.25, 0.3) is 6.08 Å². The molecule has 1 aliphatic heterocycles. The van der Waals surface area contributed by atoms with Gasteiger partial charge in [0.25, 0.3) is 20.2 Å². The first-order valence-electron chi connectivity index (χ1n) is 6.70. The summed E-state index contributed by atoms with van der Waals surface area (Å²) < 4.78 is 63.9. The summed E-state index contributed by atoms with van der Waals surface area (Å²) >= 11 is 1.14. The molecule has 0 aliphatic carbocycles. The van der Waals surface area contributed by atoms with Gasteiger partial charge in [0, 0.05) is 10.5 Å². The topological polar surface area (TPSA) is 126 Å². The molecule has 0 bridgehead atoms. The Morgan fingerprint density at radius 2 is 1.60 bits per heavy atom. The molecular formula is C15H10O7S3. The largest absolute Gasteiger partial charge is 0.295 e. The van der Waals surface area contributed by atoms with Crippen molar-refractivity contribution in [3.05, 3.63) is 58.5 Å². The van der Waals surface area contributed by atoms with Gasteiger partial charge in [-0.15, -0.1) is 0 Å². The SMILES string of the molecule is O=C1C(=Cc2ccc(S(=O)(=O)O)cc2S(=O)(=O)O)Sc2ccccc21. The van der Waals surface area contributed by atoms with Gasteiger partial charge in [-0.1, -0.05) is 30.0 Å². The lowest BCUT2D eigenvalue weighted by Crippen LogP contribution is -2.05. The molecule has 0 amide bonds. The van der Waals surface area contributed by atoms with Gasteiger partial charge >= 0.3 is 0 Å². The normalized spacial score (nSPS) is 16.2. The summed E-state index contributed by atoms with van der Waals surface area (Å²) in [6.07, 6.45) is 1.25. The fraction of sp³-hybridized carbons (Fsp3) is 0. The van der Waals surface area contributed by atoms with E-state index in [1.807, 2.05) is 0 Å². The number of benzene rings is 2. The Labute approximate surface area is 147 Å². The van der Waals surface area contributed by atoms with E-state index in [-0.39, 0.29) is 16.3 Å². The number of Topliss-reactive ketones (excluding diaryl/α,β-unsaturated/α-hetero) is 1. The van der Waals surface area contributed by atoms with Crippen LogP contribution in [0.1, 0.15) is 15.9 Å². The van der Waals surface area contributed by atoms with Crippen molar-refractivity contribution in [1.82, 2.24) is 0 Å². The van der Waals surface area contributed by atoms with Crippen molar-refractivity contribution in [2.24, 2.45) is 0 Å². The van der Waals surface area contributed by atoms with Crippen LogP contribution >= 0.6 is 11.8 Å². The molecule has 3 rings (SSSR count). The van der Waals surface area contributed by atoms with Gasteiger partial charge in [-0.25, -0.2) is 0 Å². The molecule has 0 aromatic heterocycles. The summed E-state index contributed by atoms with van der Waals surface area (Å²) in [4.78, 5) is 11.9. The molecule has 0 saturated carbocycles. The average Bonchev–Trinajstić information content (AvgIpc) is 2.82. The lowest BCUT2D eigenvalue weighted by molar-refractivity contribution is 0.104. The van der Waals surface area contributed by atoms with Gasteiger partial charge in [0.1, 0.15) is 4.90 Å². The maximum absolute atomic E-state index is 12.4. The van der Waals surface area contributed by atoms with Gasteiger partial charge < -0.3 is 0 Å². The standard InChI is InChI=1S/C15H10O7S3/c16-15-11-3-1-2-4-12(11)23-13(15)7-9-5-6-10(24(17,18)19)8-14(9)25(20,21)22/h1-8H,(H,17,18,19)(H,20,21,22). The second kappa shape index (κ2) is 6.07. The number of hydrogen-bond acceptors (Lipinski definition) is 6. The monoisotopic (exact) mass is 398 g/mol. The Kier molecular flexibility index (Phi) is 4.33. The molecule has 2 aromatic rings. The maximum Gasteiger partial charge on any atom is 0.295 e. The molecule has 0 radical (unpaired) electrons. The van der Waals surface area contributed by atoms with Crippen molar-refractivity contribution in [3.63, 3.8) is 0 Å². The number of carbonyl (C=O) groups excluding carboxylic acids is 1. The zero-order valence-electron chi connectivity index (χ0n) is 12.3. The van der Waals surface area contributed by atoms with Crippen LogP contribution in [0.4, 0.5) is 0 Å². The van der Waals surface area contributed by atoms with Crippen LogP contribution in [0.15, 0.2) is 62.1 Å². The first-order chi connectivity index (χ1) is 11.6. The third kappa shape index (κ3) is 3.53. The molecule has 0 saturated heterocycles. The first kappa shape index (κ1) is 17.8. The third-order valence-electron chi connectivity index (χ3n) is 3.42. The number of carbonyl (C=O) groups is 1. The van der Waals surface area contributed by atoms with Crippen LogP contribution in [-0.4, -0.2) is 31.7 Å². The quantitative estimate of drug-likeness (QED) is 0.597. The van der Waals surface area contributed by atoms with Crippen LogP contribution < -0.4 is 0 Å². The molecule has 1 heterocycles. The second-order valence-corrected chi connectivity index (χ2v) is 8.98. The predicted molar refractivity (Wildman–Crippen MR) is 90.7 cm³/mol. The van der Waals surface area contributed by atoms with Crippen LogP contribution in [0, 0.1) is 0 Å². The molecular weight excluding hydrogens is 388 g/mol. The Morgan fingerprint density at radius 1 is 0.920 bits per heavy atom. The van der Waals surface area contributed by atoms with Gasteiger partial charge in [-0.3, -0.25) is 13.9 Å². The molecule has 10 heteroatoms. The molecule has 130 valence electrons. The minimum absolute atomic E-state index is 0.0708. The molecule has 0 unspecified atom stereocenters. The molecule has 1 aliphatic rings. The van der Waals surface area contributed by atoms with E-state index in [0.717, 1.165) is 23.9 Å². The van der Waals surface area contributed by atoms with Gasteiger partial charge in [0.15, 0.2) is 0 Å². The third-order valence-corrected chi connectivity index (χ3v) is 6.28. The lowest BCUT2D eigenvalue weighted by atomic mass is 10.1. The lowest BCUT2D eigenvalue weighted by Gasteiger charge is -2.06. The highest BCUT2D eigenvalue weighted by Gasteiger charge is 2.27. The van der Waals surface area contributed by atoms with Crippen molar-refractivity contribution in [1.29, 1.82) is 0 Å². The Balaban J connectivity index is 2.15. The van der Waals surface area contributed by atoms with Crippen molar-refractivity contribution in [2.45, 2.75) is 14.7 Å². The van der Waals surface area contributed by atoms with Gasteiger partial charge in [-0.2, -0.15) is 16.8 Å². The fourth-order valence-electron chi connectivity index (χ4n) is 2.29. The molecule has 2 aromatic carbocycles. The summed E-state index contributed by atoms with van der Waals surface area (Å²) in [5.74, 6) is -0.305. The van der Waals surface area contributed by atoms with Gasteiger partial charge in [0.05, 0.1) is 9.80 Å². The second-order valence-electron chi connectivity index (χ2n) is 5.09. The highest BCUT2D eigenvalue weighted by Crippen LogP contribution is 2.41. The van der Waals surface area contributed by atoms with Crippen molar-refractivity contribution in [3.8, 4) is 0 Å². The Bertz CT molecular complexity index is 1130. The van der Waals surface area contributed by atoms with E-state index in [1.165, 1.54) is 6.08 Å². The van der Waals surface area contributed by atoms with E-state index < -0.39 is 30.0 Å². The first-order valence-corrected chi connectivity index (χ1v) is 10.4. The van der Waals surface area contributed by atoms with E-state index in [1.54, 1.807) is 24.3 Å². The number of allylic oxidation sites excluding steroid dienone is 1. The number of ketones is 1. The highest BCUT2D eigenvalue weighted by atomic mass is 32.2. The number of hydrogen-bond donors (Lipinski definition) is 2. The minimum Gasteiger partial charge on any atom is -0.288 e. The van der Waals surface area contributed by atoms with Gasteiger partial charge in [-0.05, 0) is 35.9 Å². The summed E-state index contributed by atoms with van der Waals surface area (Å²) in [7, 11) is -9.44. The van der Waals surface area contributed by atoms with E-state index in [4.69, 9.17) is 4.55 Å². The summed E-state index contributed by atoms with van der Waals surface area (Å²) in [6.45, 7) is 0. The van der Waals surface area contributed by atoms with E-state index in [9.17, 15) is 26.2 Å². The van der Waals surface area contributed by atoms with Crippen molar-refractivity contribution >= 4 is 43.9 Å². The maximum atomic E-state index is 12.4. The van der Waals surface area contributed by atoms with Crippen LogP contribution in [0.5, 0.6) is 0 Å². The fourth-order valence-corrected chi connectivity index (χ4v) is 4.62. The van der Waals surface area contributed by atoms with Crippen LogP contribution in [0.3, 0.4) is 0 Å². The zero-order chi connectivity index (χ0) is 18.4. The summed E-state index contributed by atoms with van der Waals surface area (Å²) in [5.41, 5.74) is 0.403. The van der Waals surface area contributed by atoms with E-state index >= 15 is 0 Å². The molecule has 25 heavy (non-hydrogen) atoms. The molecule has 0 fully saturated rings. The molecule has 0 atom stereocenters. The predicted octanol–water partition coefficient (Wildman–Crippen LogP) is 2.51. The molecule has 7 nitrogen and oxygen atoms in total. The zero-order valence-corrected chi connectivity index (χ0v) is 14.7.